The van der Waals surface area contributed by atoms with Crippen LogP contribution in [0.15, 0.2) is 0 Å². The van der Waals surface area contributed by atoms with Crippen LogP contribution in [0.3, 0.4) is 0 Å². The molecule has 2 rings (SSSR count). The zero-order valence-electron chi connectivity index (χ0n) is 14.7. The lowest BCUT2D eigenvalue weighted by molar-refractivity contribution is -0.177. The maximum atomic E-state index is 11.5. The molecule has 0 bridgehead atoms. The number of nitrogens with zero attached hydrogens (tertiary/aromatic N) is 2. The molecule has 6 heteroatoms. The van der Waals surface area contributed by atoms with Crippen molar-refractivity contribution in [2.45, 2.75) is 39.4 Å². The minimum Gasteiger partial charge on any atom is -0.353 e. The van der Waals surface area contributed by atoms with Crippen molar-refractivity contribution in [2.24, 2.45) is 5.92 Å². The zero-order valence-corrected chi connectivity index (χ0v) is 15.5. The summed E-state index contributed by atoms with van der Waals surface area (Å²) in [5.41, 5.74) is 0. The number of ether oxygens (including phenoxy) is 2. The standard InChI is InChI=1S/C17H32N2O3S/c1-3-19(15(2)20)14-16-5-10-22-17(13-16)21-9-4-6-18-7-11-23-12-8-18/h16-17H,3-14H2,1-2H3. The summed E-state index contributed by atoms with van der Waals surface area (Å²) in [6, 6.07) is 0. The maximum Gasteiger partial charge on any atom is 0.219 e. The SMILES string of the molecule is CCN(CC1CCOC(OCCCN2CCSCC2)C1)C(C)=O. The van der Waals surface area contributed by atoms with Crippen molar-refractivity contribution in [3.63, 3.8) is 0 Å². The van der Waals surface area contributed by atoms with Crippen molar-refractivity contribution in [2.75, 3.05) is 57.4 Å². The van der Waals surface area contributed by atoms with Crippen molar-refractivity contribution >= 4 is 17.7 Å². The van der Waals surface area contributed by atoms with E-state index in [0.29, 0.717) is 5.92 Å². The van der Waals surface area contributed by atoms with E-state index in [0.717, 1.165) is 52.1 Å². The van der Waals surface area contributed by atoms with Crippen LogP contribution < -0.4 is 0 Å². The summed E-state index contributed by atoms with van der Waals surface area (Å²) in [7, 11) is 0. The first-order chi connectivity index (χ1) is 11.2. The summed E-state index contributed by atoms with van der Waals surface area (Å²) in [4.78, 5) is 16.0. The van der Waals surface area contributed by atoms with Gasteiger partial charge in [-0.2, -0.15) is 11.8 Å². The summed E-state index contributed by atoms with van der Waals surface area (Å²) < 4.78 is 11.7. The van der Waals surface area contributed by atoms with Crippen LogP contribution in [-0.4, -0.2) is 79.4 Å². The molecule has 0 aromatic heterocycles. The highest BCUT2D eigenvalue weighted by Crippen LogP contribution is 2.22. The van der Waals surface area contributed by atoms with Crippen molar-refractivity contribution in [1.29, 1.82) is 0 Å². The molecule has 0 N–H and O–H groups in total. The number of carbonyl (C=O) groups is 1. The molecule has 0 spiro atoms. The molecule has 0 aromatic carbocycles. The molecule has 2 heterocycles. The Labute approximate surface area is 145 Å². The number of amides is 1. The van der Waals surface area contributed by atoms with E-state index in [1.54, 1.807) is 6.92 Å². The van der Waals surface area contributed by atoms with E-state index < -0.39 is 0 Å². The third-order valence-electron chi connectivity index (χ3n) is 4.69. The second-order valence-electron chi connectivity index (χ2n) is 6.43. The molecule has 2 aliphatic rings. The smallest absolute Gasteiger partial charge is 0.219 e. The minimum atomic E-state index is -0.0867. The van der Waals surface area contributed by atoms with E-state index in [2.05, 4.69) is 4.90 Å². The van der Waals surface area contributed by atoms with E-state index in [9.17, 15) is 4.79 Å². The molecule has 134 valence electrons. The Bertz CT molecular complexity index is 351. The monoisotopic (exact) mass is 344 g/mol. The summed E-state index contributed by atoms with van der Waals surface area (Å²) in [5.74, 6) is 3.18. The molecular formula is C17H32N2O3S. The molecule has 1 amide bonds. The van der Waals surface area contributed by atoms with Gasteiger partial charge in [-0.1, -0.05) is 0 Å². The van der Waals surface area contributed by atoms with Gasteiger partial charge < -0.3 is 19.3 Å². The molecule has 2 atom stereocenters. The molecule has 0 radical (unpaired) electrons. The Morgan fingerprint density at radius 3 is 2.87 bits per heavy atom. The zero-order chi connectivity index (χ0) is 16.5. The third kappa shape index (κ3) is 6.99. The number of hydrogen-bond donors (Lipinski definition) is 0. The first kappa shape index (κ1) is 19.0. The van der Waals surface area contributed by atoms with Gasteiger partial charge in [-0.05, 0) is 25.7 Å². The highest BCUT2D eigenvalue weighted by atomic mass is 32.2. The third-order valence-corrected chi connectivity index (χ3v) is 5.63. The maximum absolute atomic E-state index is 11.5. The molecule has 2 saturated heterocycles. The molecule has 0 aromatic rings. The lowest BCUT2D eigenvalue weighted by Crippen LogP contribution is -2.38. The Kier molecular flexibility index (Phi) is 8.72. The summed E-state index contributed by atoms with van der Waals surface area (Å²) in [5, 5.41) is 0. The van der Waals surface area contributed by atoms with Crippen molar-refractivity contribution < 1.29 is 14.3 Å². The van der Waals surface area contributed by atoms with Crippen LogP contribution in [0.4, 0.5) is 0 Å². The second kappa shape index (κ2) is 10.5. The number of thioether (sulfide) groups is 1. The van der Waals surface area contributed by atoms with Crippen LogP contribution in [0.5, 0.6) is 0 Å². The highest BCUT2D eigenvalue weighted by Gasteiger charge is 2.25. The fourth-order valence-corrected chi connectivity index (χ4v) is 4.20. The number of rotatable bonds is 8. The summed E-state index contributed by atoms with van der Waals surface area (Å²) in [6.07, 6.45) is 2.92. The van der Waals surface area contributed by atoms with Gasteiger partial charge in [0.1, 0.15) is 0 Å². The van der Waals surface area contributed by atoms with Gasteiger partial charge in [-0.3, -0.25) is 4.79 Å². The van der Waals surface area contributed by atoms with E-state index in [-0.39, 0.29) is 12.2 Å². The highest BCUT2D eigenvalue weighted by molar-refractivity contribution is 7.99. The first-order valence-corrected chi connectivity index (χ1v) is 10.1. The van der Waals surface area contributed by atoms with Crippen LogP contribution in [-0.2, 0) is 14.3 Å². The molecule has 23 heavy (non-hydrogen) atoms. The van der Waals surface area contributed by atoms with Crippen molar-refractivity contribution in [1.82, 2.24) is 9.80 Å². The van der Waals surface area contributed by atoms with Gasteiger partial charge in [-0.25, -0.2) is 0 Å². The van der Waals surface area contributed by atoms with Gasteiger partial charge in [0.2, 0.25) is 5.91 Å². The fourth-order valence-electron chi connectivity index (χ4n) is 3.23. The largest absolute Gasteiger partial charge is 0.353 e. The van der Waals surface area contributed by atoms with Crippen molar-refractivity contribution in [3.8, 4) is 0 Å². The molecule has 2 unspecified atom stereocenters. The average molecular weight is 345 g/mol. The lowest BCUT2D eigenvalue weighted by Gasteiger charge is -2.33. The minimum absolute atomic E-state index is 0.0867. The second-order valence-corrected chi connectivity index (χ2v) is 7.65. The van der Waals surface area contributed by atoms with Gasteiger partial charge in [0, 0.05) is 57.6 Å². The quantitative estimate of drug-likeness (QED) is 0.631. The molecule has 5 nitrogen and oxygen atoms in total. The predicted molar refractivity (Wildman–Crippen MR) is 94.7 cm³/mol. The predicted octanol–water partition coefficient (Wildman–Crippen LogP) is 2.06. The number of carbonyl (C=O) groups excluding carboxylic acids is 1. The van der Waals surface area contributed by atoms with E-state index >= 15 is 0 Å². The van der Waals surface area contributed by atoms with Gasteiger partial charge in [-0.15, -0.1) is 0 Å². The fraction of sp³-hybridized carbons (Fsp3) is 0.941. The van der Waals surface area contributed by atoms with Crippen molar-refractivity contribution in [3.05, 3.63) is 0 Å². The Morgan fingerprint density at radius 2 is 2.17 bits per heavy atom. The van der Waals surface area contributed by atoms with E-state index in [1.807, 2.05) is 23.6 Å². The molecule has 2 fully saturated rings. The summed E-state index contributed by atoms with van der Waals surface area (Å²) in [6.45, 7) is 10.4. The Balaban J connectivity index is 1.60. The molecule has 0 aliphatic carbocycles. The van der Waals surface area contributed by atoms with Crippen LogP contribution in [0, 0.1) is 5.92 Å². The van der Waals surface area contributed by atoms with E-state index in [4.69, 9.17) is 9.47 Å². The van der Waals surface area contributed by atoms with Gasteiger partial charge >= 0.3 is 0 Å². The first-order valence-electron chi connectivity index (χ1n) is 8.98. The van der Waals surface area contributed by atoms with Gasteiger partial charge in [0.25, 0.3) is 0 Å². The molecular weight excluding hydrogens is 312 g/mol. The van der Waals surface area contributed by atoms with Gasteiger partial charge in [0.05, 0.1) is 13.2 Å². The van der Waals surface area contributed by atoms with Crippen LogP contribution in [0.1, 0.15) is 33.1 Å². The summed E-state index contributed by atoms with van der Waals surface area (Å²) >= 11 is 2.05. The average Bonchev–Trinajstić information content (AvgIpc) is 2.57. The molecule has 2 aliphatic heterocycles. The van der Waals surface area contributed by atoms with Crippen LogP contribution in [0.2, 0.25) is 0 Å². The Morgan fingerprint density at radius 1 is 1.39 bits per heavy atom. The topological polar surface area (TPSA) is 42.0 Å². The van der Waals surface area contributed by atoms with Crippen LogP contribution >= 0.6 is 11.8 Å². The normalized spacial score (nSPS) is 26.2. The lowest BCUT2D eigenvalue weighted by atomic mass is 9.98. The molecule has 0 saturated carbocycles. The van der Waals surface area contributed by atoms with Gasteiger partial charge in [0.15, 0.2) is 6.29 Å². The van der Waals surface area contributed by atoms with Crippen LogP contribution in [0.25, 0.3) is 0 Å². The number of hydrogen-bond acceptors (Lipinski definition) is 5. The van der Waals surface area contributed by atoms with E-state index in [1.165, 1.54) is 24.6 Å². The Hall–Kier alpha value is -0.300.